The molecule has 9 heteroatoms. The van der Waals surface area contributed by atoms with Gasteiger partial charge in [-0.2, -0.15) is 13.2 Å². The first-order chi connectivity index (χ1) is 12.2. The lowest BCUT2D eigenvalue weighted by Gasteiger charge is -2.08. The van der Waals surface area contributed by atoms with Crippen LogP contribution >= 0.6 is 39.3 Å². The van der Waals surface area contributed by atoms with Crippen molar-refractivity contribution >= 4 is 62.1 Å². The standard InChI is InChI=1S/C17H9BrClF3N2OS/c18-11-4-1-9(2-5-11)7-14-15(25)24-16(26-14)23-13-8-10(17(20,21)22)3-6-12(13)19/h1-8H,(H,23,24,25)/b14-7-. The van der Waals surface area contributed by atoms with Crippen molar-refractivity contribution in [1.29, 1.82) is 0 Å². The normalized spacial score (nSPS) is 17.8. The van der Waals surface area contributed by atoms with Crippen molar-refractivity contribution < 1.29 is 18.0 Å². The van der Waals surface area contributed by atoms with E-state index < -0.39 is 11.7 Å². The van der Waals surface area contributed by atoms with E-state index in [4.69, 9.17) is 11.6 Å². The number of benzene rings is 2. The van der Waals surface area contributed by atoms with Gasteiger partial charge in [-0.15, -0.1) is 0 Å². The number of hydrogen-bond donors (Lipinski definition) is 1. The molecule has 1 aliphatic rings. The quantitative estimate of drug-likeness (QED) is 0.556. The summed E-state index contributed by atoms with van der Waals surface area (Å²) in [5.74, 6) is -0.375. The smallest absolute Gasteiger partial charge is 0.300 e. The van der Waals surface area contributed by atoms with E-state index in [1.54, 1.807) is 6.08 Å². The summed E-state index contributed by atoms with van der Waals surface area (Å²) in [5, 5.41) is 2.75. The van der Waals surface area contributed by atoms with Gasteiger partial charge in [0, 0.05) is 4.47 Å². The Morgan fingerprint density at radius 2 is 1.85 bits per heavy atom. The van der Waals surface area contributed by atoms with Gasteiger partial charge in [0.25, 0.3) is 5.91 Å². The number of amidine groups is 1. The minimum Gasteiger partial charge on any atom is -0.300 e. The minimum atomic E-state index is -4.50. The topological polar surface area (TPSA) is 41.5 Å². The molecule has 3 nitrogen and oxygen atoms in total. The molecule has 0 atom stereocenters. The summed E-state index contributed by atoms with van der Waals surface area (Å²) < 4.78 is 39.4. The summed E-state index contributed by atoms with van der Waals surface area (Å²) in [6.07, 6.45) is -2.83. The Kier molecular flexibility index (Phi) is 5.45. The van der Waals surface area contributed by atoms with E-state index >= 15 is 0 Å². The number of nitrogens with zero attached hydrogens (tertiary/aromatic N) is 1. The van der Waals surface area contributed by atoms with Crippen molar-refractivity contribution in [1.82, 2.24) is 5.32 Å². The van der Waals surface area contributed by atoms with Crippen LogP contribution in [0.4, 0.5) is 18.9 Å². The Balaban J connectivity index is 1.88. The van der Waals surface area contributed by atoms with Gasteiger partial charge in [-0.1, -0.05) is 39.7 Å². The summed E-state index contributed by atoms with van der Waals surface area (Å²) >= 11 is 10.3. The van der Waals surface area contributed by atoms with Crippen molar-refractivity contribution in [3.63, 3.8) is 0 Å². The highest BCUT2D eigenvalue weighted by Crippen LogP contribution is 2.36. The number of rotatable bonds is 2. The molecule has 134 valence electrons. The van der Waals surface area contributed by atoms with Gasteiger partial charge in [0.2, 0.25) is 0 Å². The van der Waals surface area contributed by atoms with Gasteiger partial charge < -0.3 is 5.32 Å². The molecule has 0 unspecified atom stereocenters. The highest BCUT2D eigenvalue weighted by Gasteiger charge is 2.31. The number of aliphatic imine (C=N–C) groups is 1. The van der Waals surface area contributed by atoms with E-state index in [0.29, 0.717) is 4.91 Å². The van der Waals surface area contributed by atoms with E-state index in [1.165, 1.54) is 0 Å². The lowest BCUT2D eigenvalue weighted by molar-refractivity contribution is -0.137. The number of halogens is 5. The van der Waals surface area contributed by atoms with Gasteiger partial charge in [0.15, 0.2) is 5.17 Å². The number of nitrogens with one attached hydrogen (secondary N) is 1. The molecule has 1 amide bonds. The fourth-order valence-electron chi connectivity index (χ4n) is 2.07. The molecule has 1 N–H and O–H groups in total. The zero-order chi connectivity index (χ0) is 18.9. The van der Waals surface area contributed by atoms with Crippen LogP contribution in [0.25, 0.3) is 6.08 Å². The van der Waals surface area contributed by atoms with Gasteiger partial charge in [-0.3, -0.25) is 4.79 Å². The highest BCUT2D eigenvalue weighted by molar-refractivity contribution is 9.10. The molecule has 2 aromatic carbocycles. The second-order valence-corrected chi connectivity index (χ2v) is 7.55. The van der Waals surface area contributed by atoms with Gasteiger partial charge in [-0.05, 0) is 53.7 Å². The molecule has 0 spiro atoms. The number of alkyl halides is 3. The van der Waals surface area contributed by atoms with Gasteiger partial charge >= 0.3 is 6.18 Å². The lowest BCUT2D eigenvalue weighted by Crippen LogP contribution is -2.19. The summed E-state index contributed by atoms with van der Waals surface area (Å²) in [6, 6.07) is 10.2. The SMILES string of the molecule is O=C1NC(=Nc2cc(C(F)(F)F)ccc2Cl)S/C1=C\c1ccc(Br)cc1. The van der Waals surface area contributed by atoms with Gasteiger partial charge in [-0.25, -0.2) is 4.99 Å². The fourth-order valence-corrected chi connectivity index (χ4v) is 3.33. The summed E-state index contributed by atoms with van der Waals surface area (Å²) in [5.41, 5.74) is -0.111. The first-order valence-corrected chi connectivity index (χ1v) is 9.13. The molecule has 2 aromatic rings. The van der Waals surface area contributed by atoms with Crippen molar-refractivity contribution in [2.45, 2.75) is 6.18 Å². The molecular weight excluding hydrogens is 453 g/mol. The summed E-state index contributed by atoms with van der Waals surface area (Å²) in [4.78, 5) is 16.5. The maximum atomic E-state index is 12.8. The van der Waals surface area contributed by atoms with Crippen LogP contribution in [0.15, 0.2) is 56.8 Å². The van der Waals surface area contributed by atoms with Crippen LogP contribution in [0.3, 0.4) is 0 Å². The summed E-state index contributed by atoms with van der Waals surface area (Å²) in [7, 11) is 0. The van der Waals surface area contributed by atoms with Crippen LogP contribution < -0.4 is 5.32 Å². The van der Waals surface area contributed by atoms with Crippen molar-refractivity contribution in [3.8, 4) is 0 Å². The minimum absolute atomic E-state index is 0.0608. The molecule has 0 bridgehead atoms. The van der Waals surface area contributed by atoms with Crippen LogP contribution in [0.1, 0.15) is 11.1 Å². The Labute approximate surface area is 164 Å². The number of amides is 1. The molecule has 0 aliphatic carbocycles. The molecule has 1 fully saturated rings. The monoisotopic (exact) mass is 460 g/mol. The molecule has 1 aliphatic heterocycles. The Morgan fingerprint density at radius 3 is 2.50 bits per heavy atom. The third kappa shape index (κ3) is 4.49. The fraction of sp³-hybridized carbons (Fsp3) is 0.0588. The second kappa shape index (κ2) is 7.46. The van der Waals surface area contributed by atoms with Crippen molar-refractivity contribution in [3.05, 3.63) is 68.0 Å². The zero-order valence-electron chi connectivity index (χ0n) is 12.8. The van der Waals surface area contributed by atoms with E-state index in [0.717, 1.165) is 40.0 Å². The predicted molar refractivity (Wildman–Crippen MR) is 101 cm³/mol. The van der Waals surface area contributed by atoms with E-state index in [2.05, 4.69) is 26.2 Å². The van der Waals surface area contributed by atoms with E-state index in [-0.39, 0.29) is 21.8 Å². The molecule has 0 saturated carbocycles. The first kappa shape index (κ1) is 19.0. The van der Waals surface area contributed by atoms with E-state index in [1.807, 2.05) is 24.3 Å². The predicted octanol–water partition coefficient (Wildman–Crippen LogP) is 6.01. The number of thioether (sulfide) groups is 1. The Morgan fingerprint density at radius 1 is 1.15 bits per heavy atom. The molecule has 0 aromatic heterocycles. The third-order valence-corrected chi connectivity index (χ3v) is 5.07. The van der Waals surface area contributed by atoms with Gasteiger partial charge in [0.05, 0.1) is 21.2 Å². The van der Waals surface area contributed by atoms with Crippen LogP contribution in [0.2, 0.25) is 5.02 Å². The molecule has 3 rings (SSSR count). The van der Waals surface area contributed by atoms with Crippen molar-refractivity contribution in [2.75, 3.05) is 0 Å². The summed E-state index contributed by atoms with van der Waals surface area (Å²) in [6.45, 7) is 0. The number of hydrogen-bond acceptors (Lipinski definition) is 3. The Hall–Kier alpha value is -1.77. The van der Waals surface area contributed by atoms with E-state index in [9.17, 15) is 18.0 Å². The van der Waals surface area contributed by atoms with Crippen LogP contribution in [-0.4, -0.2) is 11.1 Å². The third-order valence-electron chi connectivity index (χ3n) is 3.31. The molecular formula is C17H9BrClF3N2OS. The van der Waals surface area contributed by atoms with Crippen molar-refractivity contribution in [2.24, 2.45) is 4.99 Å². The molecule has 1 heterocycles. The molecule has 0 radical (unpaired) electrons. The highest BCUT2D eigenvalue weighted by atomic mass is 79.9. The molecule has 1 saturated heterocycles. The average Bonchev–Trinajstić information content (AvgIpc) is 2.90. The number of carbonyl (C=O) groups is 1. The second-order valence-electron chi connectivity index (χ2n) is 5.20. The lowest BCUT2D eigenvalue weighted by atomic mass is 10.2. The van der Waals surface area contributed by atoms with Crippen LogP contribution in [0.5, 0.6) is 0 Å². The number of carbonyl (C=O) groups excluding carboxylic acids is 1. The Bertz CT molecular complexity index is 927. The molecule has 26 heavy (non-hydrogen) atoms. The largest absolute Gasteiger partial charge is 0.416 e. The average molecular weight is 462 g/mol. The van der Waals surface area contributed by atoms with Crippen LogP contribution in [0, 0.1) is 0 Å². The first-order valence-electron chi connectivity index (χ1n) is 7.14. The maximum Gasteiger partial charge on any atom is 0.416 e. The van der Waals surface area contributed by atoms with Crippen LogP contribution in [-0.2, 0) is 11.0 Å². The van der Waals surface area contributed by atoms with Gasteiger partial charge in [0.1, 0.15) is 0 Å². The zero-order valence-corrected chi connectivity index (χ0v) is 15.9. The maximum absolute atomic E-state index is 12.8.